The standard InChI is InChI=1S/C22H26N2O2/c1-15-13-18(22(25)17-5-6-17)7-8-19(15)14-26-21-4-2-3-20(24-21)16-9-11-23-12-10-16/h2-4,7-8,13,16-17,23H,5-6,9-12,14H2,1H3. The molecule has 2 heterocycles. The lowest BCUT2D eigenvalue weighted by molar-refractivity contribution is 0.0967. The van der Waals surface area contributed by atoms with Crippen molar-refractivity contribution in [3.63, 3.8) is 0 Å². The van der Waals surface area contributed by atoms with Crippen molar-refractivity contribution in [2.24, 2.45) is 5.92 Å². The van der Waals surface area contributed by atoms with E-state index >= 15 is 0 Å². The lowest BCUT2D eigenvalue weighted by Gasteiger charge is -2.22. The number of hydrogen-bond donors (Lipinski definition) is 1. The smallest absolute Gasteiger partial charge is 0.213 e. The predicted octanol–water partition coefficient (Wildman–Crippen LogP) is 4.03. The van der Waals surface area contributed by atoms with Gasteiger partial charge in [-0.15, -0.1) is 0 Å². The molecule has 1 aromatic carbocycles. The van der Waals surface area contributed by atoms with E-state index < -0.39 is 0 Å². The van der Waals surface area contributed by atoms with Crippen molar-refractivity contribution in [1.29, 1.82) is 0 Å². The van der Waals surface area contributed by atoms with Crippen LogP contribution >= 0.6 is 0 Å². The van der Waals surface area contributed by atoms with Gasteiger partial charge in [0.1, 0.15) is 6.61 Å². The predicted molar refractivity (Wildman–Crippen MR) is 102 cm³/mol. The van der Waals surface area contributed by atoms with Gasteiger partial charge in [0, 0.05) is 29.2 Å². The molecule has 136 valence electrons. The Hall–Kier alpha value is -2.20. The number of ether oxygens (including phenoxy) is 1. The molecule has 4 rings (SSSR count). The van der Waals surface area contributed by atoms with Crippen LogP contribution in [0, 0.1) is 12.8 Å². The number of nitrogens with zero attached hydrogens (tertiary/aromatic N) is 1. The topological polar surface area (TPSA) is 51.2 Å². The lowest BCUT2D eigenvalue weighted by atomic mass is 9.94. The number of hydrogen-bond acceptors (Lipinski definition) is 4. The number of carbonyl (C=O) groups is 1. The summed E-state index contributed by atoms with van der Waals surface area (Å²) in [6.07, 6.45) is 4.35. The number of ketones is 1. The maximum atomic E-state index is 12.2. The highest BCUT2D eigenvalue weighted by molar-refractivity contribution is 5.99. The van der Waals surface area contributed by atoms with E-state index in [-0.39, 0.29) is 11.7 Å². The van der Waals surface area contributed by atoms with Gasteiger partial charge in [0.15, 0.2) is 5.78 Å². The van der Waals surface area contributed by atoms with Crippen LogP contribution in [-0.2, 0) is 6.61 Å². The number of benzene rings is 1. The largest absolute Gasteiger partial charge is 0.473 e. The normalized spacial score (nSPS) is 17.9. The molecule has 0 spiro atoms. The first kappa shape index (κ1) is 17.2. The molecule has 1 aliphatic heterocycles. The molecule has 1 saturated heterocycles. The Kier molecular flexibility index (Phi) is 5.02. The second-order valence-electron chi connectivity index (χ2n) is 7.49. The Morgan fingerprint density at radius 2 is 1.96 bits per heavy atom. The van der Waals surface area contributed by atoms with Crippen LogP contribution in [0.25, 0.3) is 0 Å². The van der Waals surface area contributed by atoms with Crippen molar-refractivity contribution >= 4 is 5.78 Å². The summed E-state index contributed by atoms with van der Waals surface area (Å²) in [5, 5.41) is 3.39. The van der Waals surface area contributed by atoms with Crippen molar-refractivity contribution in [2.75, 3.05) is 13.1 Å². The highest BCUT2D eigenvalue weighted by Gasteiger charge is 2.30. The van der Waals surface area contributed by atoms with E-state index in [1.54, 1.807) is 0 Å². The molecule has 0 radical (unpaired) electrons. The second-order valence-corrected chi connectivity index (χ2v) is 7.49. The zero-order valence-corrected chi connectivity index (χ0v) is 15.3. The first-order valence-corrected chi connectivity index (χ1v) is 9.65. The summed E-state index contributed by atoms with van der Waals surface area (Å²) >= 11 is 0. The van der Waals surface area contributed by atoms with Crippen LogP contribution in [0.1, 0.15) is 58.8 Å². The molecule has 0 amide bonds. The van der Waals surface area contributed by atoms with Crippen LogP contribution in [0.2, 0.25) is 0 Å². The number of aromatic nitrogens is 1. The zero-order chi connectivity index (χ0) is 17.9. The van der Waals surface area contributed by atoms with Crippen LogP contribution in [0.4, 0.5) is 0 Å². The molecule has 0 atom stereocenters. The summed E-state index contributed by atoms with van der Waals surface area (Å²) < 4.78 is 5.95. The fourth-order valence-corrected chi connectivity index (χ4v) is 3.60. The number of nitrogens with one attached hydrogen (secondary N) is 1. The molecule has 0 bridgehead atoms. The number of aryl methyl sites for hydroxylation is 1. The average Bonchev–Trinajstić information content (AvgIpc) is 3.53. The van der Waals surface area contributed by atoms with Crippen molar-refractivity contribution in [3.8, 4) is 5.88 Å². The maximum Gasteiger partial charge on any atom is 0.213 e. The van der Waals surface area contributed by atoms with Gasteiger partial charge in [0.2, 0.25) is 5.88 Å². The number of carbonyl (C=O) groups excluding carboxylic acids is 1. The third-order valence-electron chi connectivity index (χ3n) is 5.45. The minimum absolute atomic E-state index is 0.262. The summed E-state index contributed by atoms with van der Waals surface area (Å²) in [5.41, 5.74) is 4.17. The number of pyridine rings is 1. The fourth-order valence-electron chi connectivity index (χ4n) is 3.60. The third-order valence-corrected chi connectivity index (χ3v) is 5.45. The van der Waals surface area contributed by atoms with E-state index in [1.165, 1.54) is 0 Å². The van der Waals surface area contributed by atoms with Gasteiger partial charge in [-0.05, 0) is 69.0 Å². The summed E-state index contributed by atoms with van der Waals surface area (Å²) in [6.45, 7) is 4.64. The maximum absolute atomic E-state index is 12.2. The van der Waals surface area contributed by atoms with E-state index in [0.29, 0.717) is 18.4 Å². The molecule has 2 fully saturated rings. The van der Waals surface area contributed by atoms with Crippen LogP contribution in [0.5, 0.6) is 5.88 Å². The van der Waals surface area contributed by atoms with E-state index in [2.05, 4.69) is 11.4 Å². The summed E-state index contributed by atoms with van der Waals surface area (Å²) in [4.78, 5) is 16.9. The Balaban J connectivity index is 1.41. The van der Waals surface area contributed by atoms with E-state index in [1.807, 2.05) is 37.3 Å². The van der Waals surface area contributed by atoms with Gasteiger partial charge in [0.05, 0.1) is 0 Å². The second kappa shape index (κ2) is 7.58. The summed E-state index contributed by atoms with van der Waals surface area (Å²) in [7, 11) is 0. The SMILES string of the molecule is Cc1cc(C(=O)C2CC2)ccc1COc1cccc(C2CCNCC2)n1. The molecule has 1 aliphatic carbocycles. The van der Waals surface area contributed by atoms with Crippen LogP contribution in [0.3, 0.4) is 0 Å². The Labute approximate surface area is 155 Å². The molecule has 26 heavy (non-hydrogen) atoms. The van der Waals surface area contributed by atoms with Crippen LogP contribution < -0.4 is 10.1 Å². The molecular formula is C22H26N2O2. The summed E-state index contributed by atoms with van der Waals surface area (Å²) in [6, 6.07) is 12.0. The first-order valence-electron chi connectivity index (χ1n) is 9.65. The molecule has 1 aromatic heterocycles. The zero-order valence-electron chi connectivity index (χ0n) is 15.3. The minimum atomic E-state index is 0.262. The molecule has 4 heteroatoms. The monoisotopic (exact) mass is 350 g/mol. The Bertz CT molecular complexity index is 792. The van der Waals surface area contributed by atoms with Gasteiger partial charge in [-0.3, -0.25) is 4.79 Å². The molecule has 1 N–H and O–H groups in total. The quantitative estimate of drug-likeness (QED) is 0.799. The van der Waals surface area contributed by atoms with E-state index in [4.69, 9.17) is 9.72 Å². The Morgan fingerprint density at radius 3 is 2.69 bits per heavy atom. The van der Waals surface area contributed by atoms with Gasteiger partial charge in [-0.2, -0.15) is 0 Å². The minimum Gasteiger partial charge on any atom is -0.473 e. The molecule has 1 saturated carbocycles. The van der Waals surface area contributed by atoms with E-state index in [0.717, 1.165) is 61.2 Å². The molecule has 2 aliphatic rings. The summed E-state index contributed by atoms with van der Waals surface area (Å²) in [5.74, 6) is 1.75. The number of piperidine rings is 1. The molecule has 0 unspecified atom stereocenters. The molecule has 4 nitrogen and oxygen atoms in total. The number of rotatable bonds is 6. The third kappa shape index (κ3) is 3.96. The van der Waals surface area contributed by atoms with Crippen LogP contribution in [0.15, 0.2) is 36.4 Å². The van der Waals surface area contributed by atoms with Gasteiger partial charge in [0.25, 0.3) is 0 Å². The van der Waals surface area contributed by atoms with Gasteiger partial charge in [-0.1, -0.05) is 18.2 Å². The molecule has 2 aromatic rings. The van der Waals surface area contributed by atoms with Gasteiger partial charge in [-0.25, -0.2) is 4.98 Å². The van der Waals surface area contributed by atoms with Crippen LogP contribution in [-0.4, -0.2) is 23.9 Å². The highest BCUT2D eigenvalue weighted by atomic mass is 16.5. The van der Waals surface area contributed by atoms with E-state index in [9.17, 15) is 4.79 Å². The van der Waals surface area contributed by atoms with Crippen molar-refractivity contribution in [1.82, 2.24) is 10.3 Å². The fraction of sp³-hybridized carbons (Fsp3) is 0.455. The van der Waals surface area contributed by atoms with Crippen molar-refractivity contribution in [3.05, 3.63) is 58.8 Å². The lowest BCUT2D eigenvalue weighted by Crippen LogP contribution is -2.27. The number of Topliss-reactive ketones (excluding diaryl/α,β-unsaturated/α-hetero) is 1. The van der Waals surface area contributed by atoms with Crippen molar-refractivity contribution < 1.29 is 9.53 Å². The first-order chi connectivity index (χ1) is 12.7. The Morgan fingerprint density at radius 1 is 1.15 bits per heavy atom. The van der Waals surface area contributed by atoms with Crippen molar-refractivity contribution in [2.45, 2.75) is 45.1 Å². The van der Waals surface area contributed by atoms with Gasteiger partial charge >= 0.3 is 0 Å². The highest BCUT2D eigenvalue weighted by Crippen LogP contribution is 2.33. The molecular weight excluding hydrogens is 324 g/mol. The average molecular weight is 350 g/mol. The van der Waals surface area contributed by atoms with Gasteiger partial charge < -0.3 is 10.1 Å².